The van der Waals surface area contributed by atoms with E-state index in [4.69, 9.17) is 0 Å². The number of carbonyl (C=O) groups excluding carboxylic acids is 2. The first-order valence-electron chi connectivity index (χ1n) is 5.91. The molecular weight excluding hydrogens is 252 g/mol. The summed E-state index contributed by atoms with van der Waals surface area (Å²) in [5.74, 6) is -0.402. The van der Waals surface area contributed by atoms with Crippen LogP contribution in [0.25, 0.3) is 0 Å². The van der Waals surface area contributed by atoms with E-state index in [9.17, 15) is 19.2 Å². The topological polar surface area (TPSA) is 104 Å². The monoisotopic (exact) mass is 266 g/mol. The van der Waals surface area contributed by atoms with Gasteiger partial charge in [0.1, 0.15) is 6.54 Å². The summed E-state index contributed by atoms with van der Waals surface area (Å²) < 4.78 is 0.963. The molecule has 8 nitrogen and oxygen atoms in total. The van der Waals surface area contributed by atoms with E-state index in [1.54, 1.807) is 0 Å². The SMILES string of the molecule is O=C1CCN(C(=O)Cn2[nH]c(=O)ccc2=O)CCN1. The lowest BCUT2D eigenvalue weighted by Gasteiger charge is -2.19. The molecule has 0 unspecified atom stereocenters. The maximum Gasteiger partial charge on any atom is 0.265 e. The number of aromatic nitrogens is 2. The summed E-state index contributed by atoms with van der Waals surface area (Å²) in [5.41, 5.74) is -0.892. The zero-order chi connectivity index (χ0) is 13.8. The molecule has 2 N–H and O–H groups in total. The second kappa shape index (κ2) is 5.51. The number of amides is 2. The highest BCUT2D eigenvalue weighted by molar-refractivity contribution is 5.79. The highest BCUT2D eigenvalue weighted by atomic mass is 16.2. The van der Waals surface area contributed by atoms with Crippen LogP contribution in [0, 0.1) is 0 Å². The smallest absolute Gasteiger partial charge is 0.265 e. The van der Waals surface area contributed by atoms with Crippen molar-refractivity contribution in [2.75, 3.05) is 19.6 Å². The maximum atomic E-state index is 12.0. The van der Waals surface area contributed by atoms with Gasteiger partial charge < -0.3 is 10.2 Å². The fraction of sp³-hybridized carbons (Fsp3) is 0.455. The van der Waals surface area contributed by atoms with Gasteiger partial charge in [0.05, 0.1) is 0 Å². The lowest BCUT2D eigenvalue weighted by Crippen LogP contribution is -2.40. The summed E-state index contributed by atoms with van der Waals surface area (Å²) in [6, 6.07) is 2.22. The molecule has 0 spiro atoms. The Bertz CT molecular complexity index is 603. The minimum absolute atomic E-state index is 0.0967. The largest absolute Gasteiger partial charge is 0.354 e. The molecule has 0 aromatic carbocycles. The van der Waals surface area contributed by atoms with Gasteiger partial charge in [-0.15, -0.1) is 0 Å². The summed E-state index contributed by atoms with van der Waals surface area (Å²) in [4.78, 5) is 47.2. The minimum atomic E-state index is -0.447. The number of rotatable bonds is 2. The van der Waals surface area contributed by atoms with Crippen molar-refractivity contribution in [3.8, 4) is 0 Å². The third-order valence-corrected chi connectivity index (χ3v) is 2.85. The number of hydrogen-bond donors (Lipinski definition) is 2. The van der Waals surface area contributed by atoms with Gasteiger partial charge in [-0.25, -0.2) is 4.68 Å². The molecule has 2 rings (SSSR count). The summed E-state index contributed by atoms with van der Waals surface area (Å²) in [7, 11) is 0. The van der Waals surface area contributed by atoms with Crippen LogP contribution in [0.3, 0.4) is 0 Å². The molecule has 1 fully saturated rings. The molecule has 0 radical (unpaired) electrons. The van der Waals surface area contributed by atoms with Gasteiger partial charge in [0.15, 0.2) is 0 Å². The highest BCUT2D eigenvalue weighted by Crippen LogP contribution is 1.98. The Morgan fingerprint density at radius 3 is 2.79 bits per heavy atom. The Balaban J connectivity index is 2.08. The van der Waals surface area contributed by atoms with E-state index in [2.05, 4.69) is 10.4 Å². The van der Waals surface area contributed by atoms with Gasteiger partial charge in [-0.1, -0.05) is 0 Å². The van der Waals surface area contributed by atoms with Crippen LogP contribution < -0.4 is 16.4 Å². The van der Waals surface area contributed by atoms with Crippen molar-refractivity contribution in [1.82, 2.24) is 20.0 Å². The second-order valence-electron chi connectivity index (χ2n) is 4.21. The van der Waals surface area contributed by atoms with E-state index in [0.29, 0.717) is 19.6 Å². The molecular formula is C11H14N4O4. The van der Waals surface area contributed by atoms with Gasteiger partial charge in [-0.2, -0.15) is 0 Å². The Kier molecular flexibility index (Phi) is 3.79. The predicted molar refractivity (Wildman–Crippen MR) is 65.5 cm³/mol. The zero-order valence-corrected chi connectivity index (χ0v) is 10.2. The van der Waals surface area contributed by atoms with Gasteiger partial charge in [0, 0.05) is 38.2 Å². The molecule has 0 bridgehead atoms. The fourth-order valence-corrected chi connectivity index (χ4v) is 1.83. The minimum Gasteiger partial charge on any atom is -0.354 e. The molecule has 0 saturated carbocycles. The van der Waals surface area contributed by atoms with Crippen LogP contribution >= 0.6 is 0 Å². The summed E-state index contributed by atoms with van der Waals surface area (Å²) >= 11 is 0. The lowest BCUT2D eigenvalue weighted by molar-refractivity contribution is -0.132. The van der Waals surface area contributed by atoms with Crippen molar-refractivity contribution >= 4 is 11.8 Å². The Labute approximate surface area is 108 Å². The Morgan fingerprint density at radius 2 is 2.00 bits per heavy atom. The van der Waals surface area contributed by atoms with Crippen molar-refractivity contribution in [2.45, 2.75) is 13.0 Å². The Morgan fingerprint density at radius 1 is 1.21 bits per heavy atom. The van der Waals surface area contributed by atoms with E-state index in [1.165, 1.54) is 4.90 Å². The molecule has 0 aliphatic carbocycles. The van der Waals surface area contributed by atoms with Crippen molar-refractivity contribution in [3.63, 3.8) is 0 Å². The van der Waals surface area contributed by atoms with Crippen LogP contribution in [0.2, 0.25) is 0 Å². The molecule has 102 valence electrons. The average molecular weight is 266 g/mol. The van der Waals surface area contributed by atoms with Crippen molar-refractivity contribution in [1.29, 1.82) is 0 Å². The number of nitrogens with one attached hydrogen (secondary N) is 2. The second-order valence-corrected chi connectivity index (χ2v) is 4.21. The molecule has 1 aliphatic heterocycles. The molecule has 8 heteroatoms. The maximum absolute atomic E-state index is 12.0. The van der Waals surface area contributed by atoms with E-state index >= 15 is 0 Å². The summed E-state index contributed by atoms with van der Waals surface area (Å²) in [6.07, 6.45) is 0.242. The van der Waals surface area contributed by atoms with Crippen LogP contribution in [0.1, 0.15) is 6.42 Å². The molecule has 2 amide bonds. The van der Waals surface area contributed by atoms with Gasteiger partial charge >= 0.3 is 0 Å². The fourth-order valence-electron chi connectivity index (χ4n) is 1.83. The standard InChI is InChI=1S/C11H14N4O4/c16-8-3-5-14(6-4-12-8)11(19)7-15-10(18)2-1-9(17)13-15/h1-2H,3-7H2,(H,12,16)(H,13,17). The molecule has 1 aromatic rings. The third-order valence-electron chi connectivity index (χ3n) is 2.85. The number of aromatic amines is 1. The predicted octanol–water partition coefficient (Wildman–Crippen LogP) is -2.11. The molecule has 1 saturated heterocycles. The first kappa shape index (κ1) is 13.1. The van der Waals surface area contributed by atoms with Crippen molar-refractivity contribution < 1.29 is 9.59 Å². The number of nitrogens with zero attached hydrogens (tertiary/aromatic N) is 2. The van der Waals surface area contributed by atoms with E-state index in [-0.39, 0.29) is 24.8 Å². The van der Waals surface area contributed by atoms with Crippen molar-refractivity contribution in [2.24, 2.45) is 0 Å². The van der Waals surface area contributed by atoms with Gasteiger partial charge in [-0.3, -0.25) is 24.3 Å². The van der Waals surface area contributed by atoms with Crippen LogP contribution in [-0.4, -0.2) is 46.1 Å². The van der Waals surface area contributed by atoms with Crippen LogP contribution in [0.15, 0.2) is 21.7 Å². The van der Waals surface area contributed by atoms with E-state index in [0.717, 1.165) is 16.8 Å². The van der Waals surface area contributed by atoms with E-state index in [1.807, 2.05) is 0 Å². The molecule has 1 aromatic heterocycles. The highest BCUT2D eigenvalue weighted by Gasteiger charge is 2.18. The average Bonchev–Trinajstić information content (AvgIpc) is 2.59. The third kappa shape index (κ3) is 3.30. The number of hydrogen-bond acceptors (Lipinski definition) is 4. The number of H-pyrrole nitrogens is 1. The molecule has 19 heavy (non-hydrogen) atoms. The van der Waals surface area contributed by atoms with E-state index < -0.39 is 11.1 Å². The first-order valence-corrected chi connectivity index (χ1v) is 5.91. The molecule has 2 heterocycles. The molecule has 1 aliphatic rings. The van der Waals surface area contributed by atoms with Crippen molar-refractivity contribution in [3.05, 3.63) is 32.8 Å². The number of carbonyl (C=O) groups is 2. The van der Waals surface area contributed by atoms with Gasteiger partial charge in [0.2, 0.25) is 11.8 Å². The van der Waals surface area contributed by atoms with Crippen LogP contribution in [0.4, 0.5) is 0 Å². The van der Waals surface area contributed by atoms with Gasteiger partial charge in [0.25, 0.3) is 11.1 Å². The molecule has 0 atom stereocenters. The van der Waals surface area contributed by atoms with Gasteiger partial charge in [-0.05, 0) is 0 Å². The van der Waals surface area contributed by atoms with Crippen LogP contribution in [0.5, 0.6) is 0 Å². The zero-order valence-electron chi connectivity index (χ0n) is 10.2. The Hall–Kier alpha value is -2.38. The lowest BCUT2D eigenvalue weighted by atomic mass is 10.3. The quantitative estimate of drug-likeness (QED) is 0.639. The first-order chi connectivity index (χ1) is 9.06. The normalized spacial score (nSPS) is 15.8. The van der Waals surface area contributed by atoms with Crippen LogP contribution in [-0.2, 0) is 16.1 Å². The summed E-state index contributed by atoms with van der Waals surface area (Å²) in [5, 5.41) is 4.94. The summed E-state index contributed by atoms with van der Waals surface area (Å²) in [6.45, 7) is 0.876.